The fraction of sp³-hybridized carbons (Fsp3) is 0.407. The molecule has 2 aromatic carbocycles. The number of nitrogens with zero attached hydrogens (tertiary/aromatic N) is 5. The summed E-state index contributed by atoms with van der Waals surface area (Å²) in [5.74, 6) is 1.72. The van der Waals surface area contributed by atoms with Crippen molar-refractivity contribution in [3.63, 3.8) is 0 Å². The lowest BCUT2D eigenvalue weighted by Gasteiger charge is -2.34. The van der Waals surface area contributed by atoms with Gasteiger partial charge in [-0.2, -0.15) is 0 Å². The average molecular weight is 476 g/mol. The molecule has 0 atom stereocenters. The zero-order valence-electron chi connectivity index (χ0n) is 20.1. The van der Waals surface area contributed by atoms with Gasteiger partial charge in [0.15, 0.2) is 0 Å². The molecule has 1 fully saturated rings. The van der Waals surface area contributed by atoms with Crippen molar-refractivity contribution in [1.29, 1.82) is 0 Å². The molecule has 1 saturated heterocycles. The van der Waals surface area contributed by atoms with E-state index in [1.165, 1.54) is 16.7 Å². The normalized spacial score (nSPS) is 17.4. The largest absolute Gasteiger partial charge is 0.492 e. The first-order chi connectivity index (χ1) is 17.2. The predicted octanol–water partition coefficient (Wildman–Crippen LogP) is 2.77. The number of ether oxygens (including phenoxy) is 2. The minimum absolute atomic E-state index is 0.238. The molecule has 0 amide bonds. The minimum Gasteiger partial charge on any atom is -0.492 e. The molecule has 0 spiro atoms. The molecule has 2 aliphatic rings. The average Bonchev–Trinajstić information content (AvgIpc) is 3.08. The Morgan fingerprint density at radius 1 is 0.829 bits per heavy atom. The second-order valence-corrected chi connectivity index (χ2v) is 9.12. The van der Waals surface area contributed by atoms with Crippen LogP contribution in [0.25, 0.3) is 0 Å². The number of piperazine rings is 1. The highest BCUT2D eigenvalue weighted by Gasteiger charge is 2.19. The molecule has 8 nitrogen and oxygen atoms in total. The Morgan fingerprint density at radius 2 is 1.54 bits per heavy atom. The van der Waals surface area contributed by atoms with E-state index < -0.39 is 0 Å². The van der Waals surface area contributed by atoms with Gasteiger partial charge in [-0.1, -0.05) is 18.2 Å². The van der Waals surface area contributed by atoms with Crippen molar-refractivity contribution in [2.45, 2.75) is 19.6 Å². The van der Waals surface area contributed by atoms with E-state index in [4.69, 9.17) is 14.6 Å². The van der Waals surface area contributed by atoms with E-state index in [1.807, 2.05) is 12.1 Å². The van der Waals surface area contributed by atoms with Gasteiger partial charge in [-0.3, -0.25) is 14.7 Å². The van der Waals surface area contributed by atoms with Crippen molar-refractivity contribution in [2.75, 3.05) is 52.5 Å². The van der Waals surface area contributed by atoms with E-state index in [0.717, 1.165) is 70.4 Å². The van der Waals surface area contributed by atoms with Gasteiger partial charge in [0.2, 0.25) is 0 Å². The molecule has 8 heteroatoms. The van der Waals surface area contributed by atoms with Gasteiger partial charge >= 0.3 is 6.01 Å². The number of aliphatic hydroxyl groups is 1. The Bertz CT molecular complexity index is 1070. The minimum atomic E-state index is 0.238. The summed E-state index contributed by atoms with van der Waals surface area (Å²) in [4.78, 5) is 15.5. The van der Waals surface area contributed by atoms with Crippen molar-refractivity contribution < 1.29 is 14.6 Å². The van der Waals surface area contributed by atoms with Crippen molar-refractivity contribution in [2.24, 2.45) is 0 Å². The summed E-state index contributed by atoms with van der Waals surface area (Å²) < 4.78 is 11.8. The van der Waals surface area contributed by atoms with E-state index in [2.05, 4.69) is 55.0 Å². The van der Waals surface area contributed by atoms with Crippen LogP contribution in [0.3, 0.4) is 0 Å². The van der Waals surface area contributed by atoms with Crippen molar-refractivity contribution in [1.82, 2.24) is 24.7 Å². The van der Waals surface area contributed by atoms with Crippen LogP contribution in [0, 0.1) is 0 Å². The Balaban J connectivity index is 1.18. The molecule has 2 aliphatic heterocycles. The topological polar surface area (TPSA) is 74.2 Å². The monoisotopic (exact) mass is 475 g/mol. The van der Waals surface area contributed by atoms with Gasteiger partial charge in [0.1, 0.15) is 18.1 Å². The lowest BCUT2D eigenvalue weighted by Crippen LogP contribution is -2.46. The Kier molecular flexibility index (Phi) is 7.85. The summed E-state index contributed by atoms with van der Waals surface area (Å²) in [7, 11) is 0. The van der Waals surface area contributed by atoms with Crippen LogP contribution >= 0.6 is 0 Å². The van der Waals surface area contributed by atoms with Crippen LogP contribution < -0.4 is 9.47 Å². The number of hydrogen-bond acceptors (Lipinski definition) is 8. The fourth-order valence-electron chi connectivity index (χ4n) is 4.67. The van der Waals surface area contributed by atoms with Gasteiger partial charge in [-0.15, -0.1) is 0 Å². The first kappa shape index (κ1) is 23.7. The van der Waals surface area contributed by atoms with Crippen LogP contribution in [-0.4, -0.2) is 82.3 Å². The van der Waals surface area contributed by atoms with Crippen molar-refractivity contribution >= 4 is 0 Å². The van der Waals surface area contributed by atoms with E-state index in [0.29, 0.717) is 12.6 Å². The molecule has 1 aromatic heterocycles. The SMILES string of the molecule is OCCN1CCN(Cc2ccc3c(c2)CN(Cc2ccc(Oc4ncccn4)cc2)CCO3)CC1. The smallest absolute Gasteiger partial charge is 0.321 e. The molecule has 0 unspecified atom stereocenters. The highest BCUT2D eigenvalue weighted by atomic mass is 16.5. The fourth-order valence-corrected chi connectivity index (χ4v) is 4.67. The third-order valence-electron chi connectivity index (χ3n) is 6.55. The van der Waals surface area contributed by atoms with E-state index >= 15 is 0 Å². The zero-order valence-corrected chi connectivity index (χ0v) is 20.1. The quantitative estimate of drug-likeness (QED) is 0.533. The van der Waals surface area contributed by atoms with Crippen LogP contribution in [0.15, 0.2) is 60.9 Å². The standard InChI is InChI=1S/C27H33N5O3/c33-16-14-30-10-12-31(13-11-30)20-23-4-7-26-24(18-23)21-32(15-17-34-26)19-22-2-5-25(6-3-22)35-27-28-8-1-9-29-27/h1-9,18,33H,10-17,19-21H2. The number of aromatic nitrogens is 2. The molecule has 0 aliphatic carbocycles. The number of rotatable bonds is 8. The molecule has 0 radical (unpaired) electrons. The van der Waals surface area contributed by atoms with E-state index in [-0.39, 0.29) is 6.61 Å². The highest BCUT2D eigenvalue weighted by Crippen LogP contribution is 2.26. The number of fused-ring (bicyclic) bond motifs is 1. The Hall–Kier alpha value is -3.04. The van der Waals surface area contributed by atoms with Gasteiger partial charge in [0.05, 0.1) is 6.61 Å². The molecule has 0 bridgehead atoms. The highest BCUT2D eigenvalue weighted by molar-refractivity contribution is 5.38. The van der Waals surface area contributed by atoms with Crippen LogP contribution in [0.4, 0.5) is 0 Å². The first-order valence-corrected chi connectivity index (χ1v) is 12.3. The van der Waals surface area contributed by atoms with Crippen LogP contribution in [-0.2, 0) is 19.6 Å². The van der Waals surface area contributed by atoms with Gasteiger partial charge in [-0.25, -0.2) is 9.97 Å². The summed E-state index contributed by atoms with van der Waals surface area (Å²) in [6.07, 6.45) is 3.33. The maximum atomic E-state index is 9.16. The zero-order chi connectivity index (χ0) is 23.9. The number of aliphatic hydroxyl groups excluding tert-OH is 1. The second-order valence-electron chi connectivity index (χ2n) is 9.12. The summed E-state index contributed by atoms with van der Waals surface area (Å²) in [5, 5.41) is 9.16. The number of benzene rings is 2. The van der Waals surface area contributed by atoms with Crippen molar-refractivity contribution in [3.05, 3.63) is 77.6 Å². The molecule has 3 heterocycles. The maximum absolute atomic E-state index is 9.16. The second kappa shape index (κ2) is 11.6. The first-order valence-electron chi connectivity index (χ1n) is 12.3. The molecule has 5 rings (SSSR count). The molecular weight excluding hydrogens is 442 g/mol. The molecule has 35 heavy (non-hydrogen) atoms. The lowest BCUT2D eigenvalue weighted by molar-refractivity contribution is 0.108. The molecule has 0 saturated carbocycles. The Morgan fingerprint density at radius 3 is 2.31 bits per heavy atom. The summed E-state index contributed by atoms with van der Waals surface area (Å²) >= 11 is 0. The summed E-state index contributed by atoms with van der Waals surface area (Å²) in [6, 6.07) is 16.9. The van der Waals surface area contributed by atoms with Gasteiger partial charge in [0, 0.05) is 76.9 Å². The number of hydrogen-bond donors (Lipinski definition) is 1. The van der Waals surface area contributed by atoms with E-state index in [1.54, 1.807) is 18.5 Å². The Labute approximate surface area is 206 Å². The molecular formula is C27H33N5O3. The van der Waals surface area contributed by atoms with Gasteiger partial charge < -0.3 is 14.6 Å². The number of β-amino-alcohol motifs (C(OH)–C–C–N with tert-alkyl or cyclic N) is 1. The summed E-state index contributed by atoms with van der Waals surface area (Å²) in [5.41, 5.74) is 3.81. The van der Waals surface area contributed by atoms with E-state index in [9.17, 15) is 0 Å². The third-order valence-corrected chi connectivity index (χ3v) is 6.55. The lowest BCUT2D eigenvalue weighted by atomic mass is 10.1. The van der Waals surface area contributed by atoms with Gasteiger partial charge in [0.25, 0.3) is 0 Å². The van der Waals surface area contributed by atoms with Crippen molar-refractivity contribution in [3.8, 4) is 17.5 Å². The third kappa shape index (κ3) is 6.55. The molecule has 1 N–H and O–H groups in total. The maximum Gasteiger partial charge on any atom is 0.321 e. The van der Waals surface area contributed by atoms with Crippen LogP contribution in [0.5, 0.6) is 17.5 Å². The van der Waals surface area contributed by atoms with Crippen LogP contribution in [0.1, 0.15) is 16.7 Å². The molecule has 3 aromatic rings. The van der Waals surface area contributed by atoms with Gasteiger partial charge in [-0.05, 0) is 41.5 Å². The predicted molar refractivity (Wildman–Crippen MR) is 133 cm³/mol. The van der Waals surface area contributed by atoms with Crippen LogP contribution in [0.2, 0.25) is 0 Å². The molecule has 184 valence electrons. The summed E-state index contributed by atoms with van der Waals surface area (Å²) in [6.45, 7) is 9.36.